The zero-order valence-corrected chi connectivity index (χ0v) is 15.6. The van der Waals surface area contributed by atoms with Gasteiger partial charge in [-0.2, -0.15) is 0 Å². The van der Waals surface area contributed by atoms with Crippen LogP contribution in [0.3, 0.4) is 0 Å². The Hall–Kier alpha value is -2.63. The van der Waals surface area contributed by atoms with Gasteiger partial charge in [0.1, 0.15) is 5.75 Å². The van der Waals surface area contributed by atoms with Crippen LogP contribution in [-0.4, -0.2) is 26.5 Å². The topological polar surface area (TPSA) is 125 Å². The molecule has 0 aromatic heterocycles. The van der Waals surface area contributed by atoms with E-state index in [0.717, 1.165) is 31.4 Å². The largest absolute Gasteiger partial charge is 0.453 e. The Morgan fingerprint density at radius 2 is 1.93 bits per heavy atom. The van der Waals surface area contributed by atoms with E-state index in [1.54, 1.807) is 0 Å². The second-order valence-corrected chi connectivity index (χ2v) is 7.28. The summed E-state index contributed by atoms with van der Waals surface area (Å²) in [5.74, 6) is -1.71. The Kier molecular flexibility index (Phi) is 6.08. The normalized spacial score (nSPS) is 11.0. The predicted octanol–water partition coefficient (Wildman–Crippen LogP) is 3.88. The third-order valence-corrected chi connectivity index (χ3v) is 4.84. The molecule has 0 aliphatic rings. The minimum absolute atomic E-state index is 0.000839. The maximum atomic E-state index is 14.0. The molecule has 144 valence electrons. The van der Waals surface area contributed by atoms with Gasteiger partial charge >= 0.3 is 6.09 Å². The van der Waals surface area contributed by atoms with Crippen molar-refractivity contribution in [2.45, 2.75) is 4.90 Å². The fourth-order valence-electron chi connectivity index (χ4n) is 1.87. The van der Waals surface area contributed by atoms with E-state index in [4.69, 9.17) is 27.9 Å². The van der Waals surface area contributed by atoms with Crippen molar-refractivity contribution in [2.75, 3.05) is 7.11 Å². The molecule has 0 heterocycles. The molecule has 0 radical (unpaired) electrons. The Bertz CT molecular complexity index is 1010. The van der Waals surface area contributed by atoms with E-state index < -0.39 is 43.2 Å². The van der Waals surface area contributed by atoms with Crippen molar-refractivity contribution in [3.63, 3.8) is 0 Å². The smallest absolute Gasteiger partial charge is 0.420 e. The lowest BCUT2D eigenvalue weighted by atomic mass is 10.3. The maximum absolute atomic E-state index is 14.0. The van der Waals surface area contributed by atoms with E-state index in [-0.39, 0.29) is 15.8 Å². The van der Waals surface area contributed by atoms with Crippen molar-refractivity contribution in [1.29, 1.82) is 0 Å². The summed E-state index contributed by atoms with van der Waals surface area (Å²) in [6, 6.07) is 4.66. The third-order valence-electron chi connectivity index (χ3n) is 3.00. The number of rotatable bonds is 5. The van der Waals surface area contributed by atoms with Crippen molar-refractivity contribution in [3.05, 3.63) is 56.3 Å². The van der Waals surface area contributed by atoms with Gasteiger partial charge in [-0.1, -0.05) is 23.2 Å². The molecule has 1 N–H and O–H groups in total. The number of benzene rings is 2. The molecule has 27 heavy (non-hydrogen) atoms. The van der Waals surface area contributed by atoms with E-state index in [1.807, 2.05) is 0 Å². The second kappa shape index (κ2) is 7.94. The molecular formula is C14H9Cl2FN2O7S. The van der Waals surface area contributed by atoms with Crippen LogP contribution in [0.2, 0.25) is 10.0 Å². The number of nitro benzene ring substituents is 1. The molecule has 0 aliphatic heterocycles. The van der Waals surface area contributed by atoms with Gasteiger partial charge in [-0.15, -0.1) is 0 Å². The number of hydrogen-bond donors (Lipinski definition) is 1. The highest BCUT2D eigenvalue weighted by molar-refractivity contribution is 7.90. The van der Waals surface area contributed by atoms with E-state index in [1.165, 1.54) is 10.8 Å². The molecule has 1 amide bonds. The van der Waals surface area contributed by atoms with Crippen molar-refractivity contribution < 1.29 is 32.0 Å². The van der Waals surface area contributed by atoms with Crippen molar-refractivity contribution >= 4 is 45.0 Å². The molecule has 0 aliphatic carbocycles. The lowest BCUT2D eigenvalue weighted by molar-refractivity contribution is -0.387. The monoisotopic (exact) mass is 438 g/mol. The summed E-state index contributed by atoms with van der Waals surface area (Å²) in [5, 5.41) is 10.9. The number of nitrogens with zero attached hydrogens (tertiary/aromatic N) is 1. The average molecular weight is 439 g/mol. The number of halogens is 3. The number of methoxy groups -OCH3 is 1. The fourth-order valence-corrected chi connectivity index (χ4v) is 3.48. The number of nitro groups is 1. The summed E-state index contributed by atoms with van der Waals surface area (Å²) >= 11 is 11.5. The zero-order valence-electron chi connectivity index (χ0n) is 13.2. The first-order valence-electron chi connectivity index (χ1n) is 6.76. The Morgan fingerprint density at radius 1 is 1.26 bits per heavy atom. The maximum Gasteiger partial charge on any atom is 0.420 e. The molecule has 2 aromatic rings. The summed E-state index contributed by atoms with van der Waals surface area (Å²) < 4.78 is 49.2. The predicted molar refractivity (Wildman–Crippen MR) is 92.3 cm³/mol. The number of ether oxygens (including phenoxy) is 2. The molecule has 0 atom stereocenters. The zero-order chi connectivity index (χ0) is 20.4. The van der Waals surface area contributed by atoms with Crippen molar-refractivity contribution in [1.82, 2.24) is 4.72 Å². The number of amides is 1. The first-order valence-corrected chi connectivity index (χ1v) is 9.00. The third kappa shape index (κ3) is 4.76. The Balaban J connectivity index is 2.53. The van der Waals surface area contributed by atoms with Crippen LogP contribution in [0.4, 0.5) is 14.9 Å². The summed E-state index contributed by atoms with van der Waals surface area (Å²) in [5.41, 5.74) is -0.846. The highest BCUT2D eigenvalue weighted by Crippen LogP contribution is 2.36. The molecule has 0 bridgehead atoms. The van der Waals surface area contributed by atoms with Gasteiger partial charge in [-0.3, -0.25) is 10.1 Å². The van der Waals surface area contributed by atoms with Crippen LogP contribution in [0.5, 0.6) is 11.5 Å². The highest BCUT2D eigenvalue weighted by Gasteiger charge is 2.29. The average Bonchev–Trinajstić information content (AvgIpc) is 2.57. The lowest BCUT2D eigenvalue weighted by Gasteiger charge is -2.11. The molecule has 13 heteroatoms. The quantitative estimate of drug-likeness (QED) is 0.554. The summed E-state index contributed by atoms with van der Waals surface area (Å²) in [6.07, 6.45) is -1.36. The van der Waals surface area contributed by atoms with Gasteiger partial charge in [0.05, 0.1) is 17.1 Å². The number of hydrogen-bond acceptors (Lipinski definition) is 7. The van der Waals surface area contributed by atoms with Gasteiger partial charge in [0.2, 0.25) is 0 Å². The van der Waals surface area contributed by atoms with E-state index in [2.05, 4.69) is 4.74 Å². The van der Waals surface area contributed by atoms with E-state index in [0.29, 0.717) is 0 Å². The standard InChI is InChI=1S/C14H9Cl2FN2O7S/c1-25-14(20)18-27(23,24)12-6-8(2-3-11(12)19(21)22)26-13-9(16)4-7(15)5-10(13)17/h2-6H,1H3,(H,18,20). The van der Waals surface area contributed by atoms with Gasteiger partial charge in [0.15, 0.2) is 16.5 Å². The Morgan fingerprint density at radius 3 is 2.48 bits per heavy atom. The lowest BCUT2D eigenvalue weighted by Crippen LogP contribution is -2.30. The summed E-state index contributed by atoms with van der Waals surface area (Å²) in [7, 11) is -3.78. The van der Waals surface area contributed by atoms with E-state index in [9.17, 15) is 27.7 Å². The molecular weight excluding hydrogens is 430 g/mol. The van der Waals surface area contributed by atoms with Gasteiger partial charge in [0.25, 0.3) is 15.7 Å². The van der Waals surface area contributed by atoms with Crippen LogP contribution >= 0.6 is 23.2 Å². The highest BCUT2D eigenvalue weighted by atomic mass is 35.5. The number of carbonyl (C=O) groups excluding carboxylic acids is 1. The summed E-state index contributed by atoms with van der Waals surface area (Å²) in [4.78, 5) is 20.4. The van der Waals surface area contributed by atoms with E-state index >= 15 is 0 Å². The molecule has 2 aromatic carbocycles. The first kappa shape index (κ1) is 20.7. The van der Waals surface area contributed by atoms with Crippen LogP contribution < -0.4 is 9.46 Å². The fraction of sp³-hybridized carbons (Fsp3) is 0.0714. The van der Waals surface area contributed by atoms with Crippen LogP contribution in [0.15, 0.2) is 35.2 Å². The molecule has 0 fully saturated rings. The number of sulfonamides is 1. The SMILES string of the molecule is COC(=O)NS(=O)(=O)c1cc(Oc2c(F)cc(Cl)cc2Cl)ccc1[N+](=O)[O-]. The van der Waals surface area contributed by atoms with Crippen LogP contribution in [0.25, 0.3) is 0 Å². The minimum Gasteiger partial charge on any atom is -0.453 e. The molecule has 2 rings (SSSR count). The van der Waals surface area contributed by atoms with Gasteiger partial charge in [-0.05, 0) is 18.2 Å². The molecule has 0 unspecified atom stereocenters. The van der Waals surface area contributed by atoms with Crippen LogP contribution in [0.1, 0.15) is 0 Å². The second-order valence-electron chi connectivity index (χ2n) is 4.78. The number of carbonyl (C=O) groups is 1. The van der Waals surface area contributed by atoms with Gasteiger partial charge in [0, 0.05) is 17.2 Å². The molecule has 9 nitrogen and oxygen atoms in total. The Labute approximate surface area is 161 Å². The molecule has 0 saturated heterocycles. The first-order chi connectivity index (χ1) is 12.5. The van der Waals surface area contributed by atoms with Gasteiger partial charge < -0.3 is 9.47 Å². The van der Waals surface area contributed by atoms with Crippen molar-refractivity contribution in [3.8, 4) is 11.5 Å². The molecule has 0 spiro atoms. The van der Waals surface area contributed by atoms with Crippen LogP contribution in [0, 0.1) is 15.9 Å². The van der Waals surface area contributed by atoms with Gasteiger partial charge in [-0.25, -0.2) is 22.3 Å². The van der Waals surface area contributed by atoms with Crippen LogP contribution in [-0.2, 0) is 14.8 Å². The number of nitrogens with one attached hydrogen (secondary N) is 1. The molecule has 0 saturated carbocycles. The summed E-state index contributed by atoms with van der Waals surface area (Å²) in [6.45, 7) is 0. The van der Waals surface area contributed by atoms with Crippen molar-refractivity contribution in [2.24, 2.45) is 0 Å². The minimum atomic E-state index is -4.68.